The molecule has 0 radical (unpaired) electrons. The molecule has 0 spiro atoms. The fourth-order valence-corrected chi connectivity index (χ4v) is 2.81. The number of hydrogen-bond acceptors (Lipinski definition) is 3. The molecular weight excluding hydrogens is 298 g/mol. The van der Waals surface area contributed by atoms with E-state index in [1.54, 1.807) is 0 Å². The van der Waals surface area contributed by atoms with Gasteiger partial charge in [0.15, 0.2) is 0 Å². The van der Waals surface area contributed by atoms with Crippen molar-refractivity contribution in [3.8, 4) is 0 Å². The van der Waals surface area contributed by atoms with Crippen LogP contribution >= 0.6 is 0 Å². The first-order valence-corrected chi connectivity index (χ1v) is 8.33. The predicted octanol–water partition coefficient (Wildman–Crippen LogP) is 2.37. The van der Waals surface area contributed by atoms with Crippen LogP contribution in [0.1, 0.15) is 23.6 Å². The molecule has 0 saturated heterocycles. The van der Waals surface area contributed by atoms with E-state index >= 15 is 0 Å². The average molecular weight is 325 g/mol. The lowest BCUT2D eigenvalue weighted by molar-refractivity contribution is -0.122. The smallest absolute Gasteiger partial charge is 0.222 e. The normalized spacial score (nSPS) is 13.5. The average Bonchev–Trinajstić information content (AvgIpc) is 2.55. The van der Waals surface area contributed by atoms with E-state index in [1.165, 1.54) is 5.56 Å². The molecule has 0 saturated carbocycles. The van der Waals surface area contributed by atoms with E-state index in [0.29, 0.717) is 6.42 Å². The number of likely N-dealkylation sites (N-methyl/N-ethyl adjacent to an activating group) is 1. The van der Waals surface area contributed by atoms with E-state index in [-0.39, 0.29) is 18.0 Å². The minimum Gasteiger partial charge on any atom is -0.352 e. The predicted molar refractivity (Wildman–Crippen MR) is 98.6 cm³/mol. The van der Waals surface area contributed by atoms with Gasteiger partial charge in [0, 0.05) is 25.0 Å². The van der Waals surface area contributed by atoms with Crippen LogP contribution < -0.4 is 11.1 Å². The zero-order valence-electron chi connectivity index (χ0n) is 14.5. The molecule has 0 aliphatic heterocycles. The maximum atomic E-state index is 12.4. The highest BCUT2D eigenvalue weighted by atomic mass is 16.1. The van der Waals surface area contributed by atoms with Crippen LogP contribution in [0.4, 0.5) is 0 Å². The highest BCUT2D eigenvalue weighted by Gasteiger charge is 2.17. The first kappa shape index (κ1) is 18.2. The lowest BCUT2D eigenvalue weighted by atomic mass is 10.0. The molecule has 1 amide bonds. The fraction of sp³-hybridized carbons (Fsp3) is 0.350. The molecule has 4 heteroatoms. The lowest BCUT2D eigenvalue weighted by Crippen LogP contribution is -2.43. The van der Waals surface area contributed by atoms with Gasteiger partial charge < -0.3 is 16.0 Å². The lowest BCUT2D eigenvalue weighted by Gasteiger charge is -2.23. The summed E-state index contributed by atoms with van der Waals surface area (Å²) < 4.78 is 0. The number of rotatable bonds is 8. The Kier molecular flexibility index (Phi) is 6.97. The van der Waals surface area contributed by atoms with Gasteiger partial charge in [-0.3, -0.25) is 4.79 Å². The number of amides is 1. The highest BCUT2D eigenvalue weighted by molar-refractivity contribution is 5.77. The molecule has 2 rings (SSSR count). The first-order chi connectivity index (χ1) is 11.5. The minimum atomic E-state index is -0.275. The molecule has 0 aliphatic rings. The summed E-state index contributed by atoms with van der Waals surface area (Å²) in [5, 5.41) is 3.14. The summed E-state index contributed by atoms with van der Waals surface area (Å²) in [4.78, 5) is 14.5. The molecular formula is C20H27N3O. The number of benzene rings is 2. The summed E-state index contributed by atoms with van der Waals surface area (Å²) in [6.45, 7) is 0.793. The van der Waals surface area contributed by atoms with Crippen molar-refractivity contribution in [3.05, 3.63) is 71.8 Å². The van der Waals surface area contributed by atoms with Crippen LogP contribution in [0.5, 0.6) is 0 Å². The zero-order chi connectivity index (χ0) is 17.4. The topological polar surface area (TPSA) is 58.4 Å². The van der Waals surface area contributed by atoms with Crippen LogP contribution in [0.15, 0.2) is 60.7 Å². The summed E-state index contributed by atoms with van der Waals surface area (Å²) in [7, 11) is 4.03. The number of hydrogen-bond donors (Lipinski definition) is 2. The summed E-state index contributed by atoms with van der Waals surface area (Å²) in [5.74, 6) is -0.00543. The van der Waals surface area contributed by atoms with Crippen LogP contribution in [0.25, 0.3) is 0 Å². The minimum absolute atomic E-state index is 0.00543. The van der Waals surface area contributed by atoms with Crippen molar-refractivity contribution in [1.29, 1.82) is 0 Å². The zero-order valence-corrected chi connectivity index (χ0v) is 14.5. The van der Waals surface area contributed by atoms with Crippen LogP contribution in [-0.4, -0.2) is 37.5 Å². The molecule has 2 aromatic carbocycles. The van der Waals surface area contributed by atoms with Crippen molar-refractivity contribution in [1.82, 2.24) is 10.2 Å². The van der Waals surface area contributed by atoms with Gasteiger partial charge in [0.25, 0.3) is 0 Å². The van der Waals surface area contributed by atoms with Crippen molar-refractivity contribution < 1.29 is 4.79 Å². The van der Waals surface area contributed by atoms with Crippen molar-refractivity contribution in [3.63, 3.8) is 0 Å². The van der Waals surface area contributed by atoms with Crippen molar-refractivity contribution in [2.45, 2.75) is 24.9 Å². The molecule has 0 aliphatic carbocycles. The Morgan fingerprint density at radius 2 is 1.62 bits per heavy atom. The van der Waals surface area contributed by atoms with Gasteiger partial charge in [0.2, 0.25) is 5.91 Å². The molecule has 0 fully saturated rings. The van der Waals surface area contributed by atoms with Crippen LogP contribution in [0, 0.1) is 0 Å². The summed E-state index contributed by atoms with van der Waals surface area (Å²) >= 11 is 0. The Morgan fingerprint density at radius 1 is 1.04 bits per heavy atom. The summed E-state index contributed by atoms with van der Waals surface area (Å²) in [5.41, 5.74) is 8.36. The number of nitrogens with one attached hydrogen (secondary N) is 1. The molecule has 0 aromatic heterocycles. The van der Waals surface area contributed by atoms with Gasteiger partial charge >= 0.3 is 0 Å². The maximum absolute atomic E-state index is 12.4. The largest absolute Gasteiger partial charge is 0.352 e. The maximum Gasteiger partial charge on any atom is 0.222 e. The number of nitrogens with zero attached hydrogens (tertiary/aromatic N) is 1. The van der Waals surface area contributed by atoms with Crippen LogP contribution in [-0.2, 0) is 11.2 Å². The van der Waals surface area contributed by atoms with Crippen LogP contribution in [0.3, 0.4) is 0 Å². The molecule has 128 valence electrons. The van der Waals surface area contributed by atoms with E-state index in [1.807, 2.05) is 62.6 Å². The highest BCUT2D eigenvalue weighted by Crippen LogP contribution is 2.13. The summed E-state index contributed by atoms with van der Waals surface area (Å²) in [6, 6.07) is 19.8. The van der Waals surface area contributed by atoms with Gasteiger partial charge in [-0.15, -0.1) is 0 Å². The van der Waals surface area contributed by atoms with E-state index in [9.17, 15) is 4.79 Å². The second kappa shape index (κ2) is 9.21. The second-order valence-corrected chi connectivity index (χ2v) is 6.44. The third kappa shape index (κ3) is 6.14. The molecule has 2 unspecified atom stereocenters. The van der Waals surface area contributed by atoms with E-state index in [2.05, 4.69) is 22.3 Å². The Hall–Kier alpha value is -2.17. The summed E-state index contributed by atoms with van der Waals surface area (Å²) in [6.07, 6.45) is 1.11. The first-order valence-electron chi connectivity index (χ1n) is 8.33. The molecule has 2 aromatic rings. The Morgan fingerprint density at radius 3 is 2.21 bits per heavy atom. The third-order valence-electron chi connectivity index (χ3n) is 3.91. The quantitative estimate of drug-likeness (QED) is 0.783. The van der Waals surface area contributed by atoms with E-state index in [4.69, 9.17) is 5.73 Å². The van der Waals surface area contributed by atoms with E-state index < -0.39 is 0 Å². The Balaban J connectivity index is 1.94. The number of carbonyl (C=O) groups is 1. The molecule has 3 N–H and O–H groups in total. The molecule has 4 nitrogen and oxygen atoms in total. The van der Waals surface area contributed by atoms with Crippen molar-refractivity contribution in [2.75, 3.05) is 20.6 Å². The third-order valence-corrected chi connectivity index (χ3v) is 3.91. The van der Waals surface area contributed by atoms with Crippen LogP contribution in [0.2, 0.25) is 0 Å². The number of nitrogens with two attached hydrogens (primary N) is 1. The molecule has 24 heavy (non-hydrogen) atoms. The SMILES string of the molecule is CN(C)CC(Cc1ccccc1)NC(=O)CC(N)c1ccccc1. The van der Waals surface area contributed by atoms with Gasteiger partial charge in [0.05, 0.1) is 0 Å². The Bertz CT molecular complexity index is 613. The second-order valence-electron chi connectivity index (χ2n) is 6.44. The van der Waals surface area contributed by atoms with Crippen molar-refractivity contribution in [2.24, 2.45) is 5.73 Å². The fourth-order valence-electron chi connectivity index (χ4n) is 2.81. The van der Waals surface area contributed by atoms with Gasteiger partial charge in [0.1, 0.15) is 0 Å². The van der Waals surface area contributed by atoms with Gasteiger partial charge in [-0.25, -0.2) is 0 Å². The molecule has 2 atom stereocenters. The number of carbonyl (C=O) groups excluding carboxylic acids is 1. The standard InChI is InChI=1S/C20H27N3O/c1-23(2)15-18(13-16-9-5-3-6-10-16)22-20(24)14-19(21)17-11-7-4-8-12-17/h3-12,18-19H,13-15,21H2,1-2H3,(H,22,24). The van der Waals surface area contributed by atoms with Gasteiger partial charge in [-0.2, -0.15) is 0 Å². The van der Waals surface area contributed by atoms with Crippen molar-refractivity contribution >= 4 is 5.91 Å². The molecule has 0 heterocycles. The monoisotopic (exact) mass is 325 g/mol. The van der Waals surface area contributed by atoms with E-state index in [0.717, 1.165) is 18.5 Å². The van der Waals surface area contributed by atoms with Gasteiger partial charge in [-0.05, 0) is 31.6 Å². The molecule has 0 bridgehead atoms. The van der Waals surface area contributed by atoms with Gasteiger partial charge in [-0.1, -0.05) is 60.7 Å². The Labute approximate surface area is 144 Å².